The fourth-order valence-corrected chi connectivity index (χ4v) is 0.480. The number of rotatable bonds is 0. The van der Waals surface area contributed by atoms with Crippen molar-refractivity contribution < 1.29 is 0 Å². The highest BCUT2D eigenvalue weighted by Crippen LogP contribution is 1.85. The van der Waals surface area contributed by atoms with Crippen LogP contribution in [0.3, 0.4) is 0 Å². The van der Waals surface area contributed by atoms with E-state index in [0.717, 1.165) is 0 Å². The monoisotopic (exact) mass is 119 g/mol. The van der Waals surface area contributed by atoms with Crippen molar-refractivity contribution in [3.8, 4) is 6.07 Å². The van der Waals surface area contributed by atoms with E-state index in [1.807, 2.05) is 12.1 Å². The molecule has 0 fully saturated rings. The van der Waals surface area contributed by atoms with Crippen molar-refractivity contribution in [3.05, 3.63) is 12.2 Å². The Morgan fingerprint density at radius 1 is 1.67 bits per heavy atom. The van der Waals surface area contributed by atoms with Gasteiger partial charge in [0.1, 0.15) is 6.07 Å². The molecule has 3 heteroatoms. The Bertz CT molecular complexity index is 217. The van der Waals surface area contributed by atoms with Gasteiger partial charge >= 0.3 is 0 Å². The van der Waals surface area contributed by atoms with Crippen molar-refractivity contribution in [2.24, 2.45) is 9.98 Å². The average molecular weight is 119 g/mol. The van der Waals surface area contributed by atoms with Crippen LogP contribution in [0, 0.1) is 11.3 Å². The Kier molecular flexibility index (Phi) is 1.76. The minimum atomic E-state index is 0.250. The van der Waals surface area contributed by atoms with Gasteiger partial charge in [0.25, 0.3) is 0 Å². The lowest BCUT2D eigenvalue weighted by Crippen LogP contribution is -1.87. The molecule has 1 rings (SSSR count). The molecule has 0 saturated heterocycles. The number of hydrogen-bond donors (Lipinski definition) is 0. The molecule has 0 amide bonds. The topological polar surface area (TPSA) is 48.5 Å². The molecule has 0 unspecified atom stereocenters. The third-order valence-corrected chi connectivity index (χ3v) is 0.865. The van der Waals surface area contributed by atoms with Gasteiger partial charge in [0, 0.05) is 6.21 Å². The summed E-state index contributed by atoms with van der Waals surface area (Å²) >= 11 is 0. The molecule has 44 valence electrons. The zero-order chi connectivity index (χ0) is 6.53. The van der Waals surface area contributed by atoms with Crippen LogP contribution in [0.2, 0.25) is 0 Å². The first-order valence-corrected chi connectivity index (χ1v) is 2.57. The average Bonchev–Trinajstić information content (AvgIpc) is 2.13. The second kappa shape index (κ2) is 2.78. The normalized spacial score (nSPS) is 16.1. The number of amidine groups is 1. The summed E-state index contributed by atoms with van der Waals surface area (Å²) in [5, 5.41) is 8.29. The van der Waals surface area contributed by atoms with E-state index in [1.165, 1.54) is 0 Å². The van der Waals surface area contributed by atoms with Crippen LogP contribution >= 0.6 is 0 Å². The molecule has 0 bridgehead atoms. The number of aliphatic imine (C=N–C) groups is 2. The lowest BCUT2D eigenvalue weighted by Gasteiger charge is -1.79. The Morgan fingerprint density at radius 2 is 2.56 bits per heavy atom. The summed E-state index contributed by atoms with van der Waals surface area (Å²) < 4.78 is 0. The first-order valence-electron chi connectivity index (χ1n) is 2.57. The van der Waals surface area contributed by atoms with Gasteiger partial charge in [0.15, 0.2) is 0 Å². The van der Waals surface area contributed by atoms with Crippen LogP contribution in [-0.4, -0.2) is 18.6 Å². The second-order valence-electron chi connectivity index (χ2n) is 1.48. The molecule has 1 aliphatic heterocycles. The quantitative estimate of drug-likeness (QED) is 0.459. The Labute approximate surface area is 53.1 Å². The molecular weight excluding hydrogens is 114 g/mol. The largest absolute Gasteiger partial charge is 0.253 e. The summed E-state index contributed by atoms with van der Waals surface area (Å²) in [4.78, 5) is 7.53. The van der Waals surface area contributed by atoms with E-state index in [2.05, 4.69) is 9.98 Å². The van der Waals surface area contributed by atoms with Gasteiger partial charge in [-0.1, -0.05) is 6.08 Å². The van der Waals surface area contributed by atoms with Crippen LogP contribution < -0.4 is 0 Å². The second-order valence-corrected chi connectivity index (χ2v) is 1.48. The molecule has 1 aliphatic rings. The number of nitrogens with zero attached hydrogens (tertiary/aromatic N) is 3. The third kappa shape index (κ3) is 1.50. The molecule has 0 aromatic carbocycles. The van der Waals surface area contributed by atoms with E-state index in [-0.39, 0.29) is 5.84 Å². The maximum atomic E-state index is 8.29. The molecule has 0 radical (unpaired) electrons. The van der Waals surface area contributed by atoms with Crippen molar-refractivity contribution in [1.82, 2.24) is 0 Å². The van der Waals surface area contributed by atoms with Gasteiger partial charge in [-0.25, -0.2) is 4.99 Å². The molecule has 0 spiro atoms. The fraction of sp³-hybridized carbons (Fsp3) is 0.167. The summed E-state index contributed by atoms with van der Waals surface area (Å²) in [5.41, 5.74) is 0. The van der Waals surface area contributed by atoms with Gasteiger partial charge in [-0.2, -0.15) is 5.26 Å². The summed E-state index contributed by atoms with van der Waals surface area (Å²) in [5.74, 6) is 0.250. The maximum absolute atomic E-state index is 8.29. The first-order chi connectivity index (χ1) is 4.43. The molecular formula is C6H5N3. The highest BCUT2D eigenvalue weighted by Gasteiger charge is 1.89. The zero-order valence-electron chi connectivity index (χ0n) is 4.78. The lowest BCUT2D eigenvalue weighted by atomic mass is 10.5. The van der Waals surface area contributed by atoms with Gasteiger partial charge in [-0.3, -0.25) is 4.99 Å². The van der Waals surface area contributed by atoms with Crippen molar-refractivity contribution >= 4 is 12.1 Å². The fourth-order valence-electron chi connectivity index (χ4n) is 0.480. The predicted octanol–water partition coefficient (Wildman–Crippen LogP) is 0.549. The summed E-state index contributed by atoms with van der Waals surface area (Å²) in [6.07, 6.45) is 5.18. The van der Waals surface area contributed by atoms with E-state index in [1.54, 1.807) is 12.3 Å². The molecule has 0 N–H and O–H groups in total. The third-order valence-electron chi connectivity index (χ3n) is 0.865. The van der Waals surface area contributed by atoms with Gasteiger partial charge in [0.2, 0.25) is 5.84 Å². The van der Waals surface area contributed by atoms with E-state index >= 15 is 0 Å². The molecule has 3 nitrogen and oxygen atoms in total. The van der Waals surface area contributed by atoms with Gasteiger partial charge in [-0.05, 0) is 6.08 Å². The standard InChI is InChI=1S/C6H5N3/c7-5-6-8-3-1-2-4-9-6/h1-3H,4H2. The van der Waals surface area contributed by atoms with Crippen LogP contribution in [0.4, 0.5) is 0 Å². The van der Waals surface area contributed by atoms with Crippen LogP contribution in [-0.2, 0) is 0 Å². The van der Waals surface area contributed by atoms with E-state index < -0.39 is 0 Å². The van der Waals surface area contributed by atoms with Crippen LogP contribution in [0.25, 0.3) is 0 Å². The van der Waals surface area contributed by atoms with Crippen LogP contribution in [0.15, 0.2) is 22.1 Å². The van der Waals surface area contributed by atoms with E-state index in [9.17, 15) is 0 Å². The van der Waals surface area contributed by atoms with Crippen molar-refractivity contribution in [1.29, 1.82) is 5.26 Å². The van der Waals surface area contributed by atoms with Crippen LogP contribution in [0.5, 0.6) is 0 Å². The smallest absolute Gasteiger partial charge is 0.227 e. The summed E-state index contributed by atoms with van der Waals surface area (Å²) in [7, 11) is 0. The van der Waals surface area contributed by atoms with E-state index in [0.29, 0.717) is 6.54 Å². The minimum absolute atomic E-state index is 0.250. The highest BCUT2D eigenvalue weighted by molar-refractivity contribution is 6.03. The maximum Gasteiger partial charge on any atom is 0.227 e. The Balaban J connectivity index is 2.78. The Hall–Kier alpha value is -1.43. The molecule has 0 saturated carbocycles. The van der Waals surface area contributed by atoms with Gasteiger partial charge < -0.3 is 0 Å². The van der Waals surface area contributed by atoms with Crippen LogP contribution in [0.1, 0.15) is 0 Å². The first kappa shape index (κ1) is 5.70. The molecule has 0 aliphatic carbocycles. The number of hydrogen-bond acceptors (Lipinski definition) is 3. The van der Waals surface area contributed by atoms with Crippen molar-refractivity contribution in [3.63, 3.8) is 0 Å². The summed E-state index contributed by atoms with van der Waals surface area (Å²) in [6.45, 7) is 0.558. The number of nitriles is 1. The van der Waals surface area contributed by atoms with E-state index in [4.69, 9.17) is 5.26 Å². The molecule has 1 heterocycles. The molecule has 0 aromatic rings. The van der Waals surface area contributed by atoms with Gasteiger partial charge in [0.05, 0.1) is 6.54 Å². The Morgan fingerprint density at radius 3 is 3.33 bits per heavy atom. The molecule has 0 aromatic heterocycles. The zero-order valence-corrected chi connectivity index (χ0v) is 4.78. The summed E-state index contributed by atoms with van der Waals surface area (Å²) in [6, 6.07) is 1.86. The minimum Gasteiger partial charge on any atom is -0.253 e. The van der Waals surface area contributed by atoms with Crippen molar-refractivity contribution in [2.75, 3.05) is 6.54 Å². The lowest BCUT2D eigenvalue weighted by molar-refractivity contribution is 1.24. The highest BCUT2D eigenvalue weighted by atomic mass is 14.9. The molecule has 9 heavy (non-hydrogen) atoms. The van der Waals surface area contributed by atoms with Crippen molar-refractivity contribution in [2.45, 2.75) is 0 Å². The number of allylic oxidation sites excluding steroid dienone is 1. The molecule has 0 atom stereocenters. The predicted molar refractivity (Wildman–Crippen MR) is 35.5 cm³/mol. The van der Waals surface area contributed by atoms with Gasteiger partial charge in [-0.15, -0.1) is 0 Å². The SMILES string of the molecule is N#CC1=NCC=CC=N1.